The van der Waals surface area contributed by atoms with Gasteiger partial charge in [0.05, 0.1) is 0 Å². The lowest BCUT2D eigenvalue weighted by atomic mass is 9.87. The monoisotopic (exact) mass is 454 g/mol. The fourth-order valence-corrected chi connectivity index (χ4v) is 6.11. The topological polar surface area (TPSA) is 0 Å². The lowest BCUT2D eigenvalue weighted by Gasteiger charge is -2.16. The molecule has 0 aliphatic rings. The molecule has 0 heteroatoms. The van der Waals surface area contributed by atoms with Gasteiger partial charge in [-0.25, -0.2) is 0 Å². The Bertz CT molecular complexity index is 2150. The molecule has 0 nitrogen and oxygen atoms in total. The molecule has 0 heterocycles. The van der Waals surface area contributed by atoms with Gasteiger partial charge in [0.1, 0.15) is 0 Å². The Hall–Kier alpha value is -4.68. The van der Waals surface area contributed by atoms with E-state index in [0.29, 0.717) is 0 Å². The first kappa shape index (κ1) is 19.6. The Morgan fingerprint density at radius 1 is 0.278 bits per heavy atom. The SMILES string of the molecule is c1ccc2cc3cc(-c4cc5c6ccccc6c6ccccc6c5c5ccccc45)ccc3cc2c1. The molecule has 0 saturated heterocycles. The highest BCUT2D eigenvalue weighted by Gasteiger charge is 2.15. The molecule has 36 heavy (non-hydrogen) atoms. The maximum absolute atomic E-state index is 2.43. The summed E-state index contributed by atoms with van der Waals surface area (Å²) in [4.78, 5) is 0. The average molecular weight is 455 g/mol. The van der Waals surface area contributed by atoms with Crippen LogP contribution in [-0.4, -0.2) is 0 Å². The smallest absolute Gasteiger partial charge is 0.00199 e. The van der Waals surface area contributed by atoms with Crippen molar-refractivity contribution in [2.75, 3.05) is 0 Å². The van der Waals surface area contributed by atoms with Crippen LogP contribution < -0.4 is 0 Å². The van der Waals surface area contributed by atoms with Crippen molar-refractivity contribution in [3.8, 4) is 11.1 Å². The number of hydrogen-bond acceptors (Lipinski definition) is 0. The van der Waals surface area contributed by atoms with Crippen molar-refractivity contribution < 1.29 is 0 Å². The Morgan fingerprint density at radius 3 is 1.44 bits per heavy atom. The third-order valence-electron chi connectivity index (χ3n) is 7.76. The fourth-order valence-electron chi connectivity index (χ4n) is 6.11. The average Bonchev–Trinajstić information content (AvgIpc) is 2.95. The summed E-state index contributed by atoms with van der Waals surface area (Å²) >= 11 is 0. The van der Waals surface area contributed by atoms with Crippen LogP contribution in [0.5, 0.6) is 0 Å². The summed E-state index contributed by atoms with van der Waals surface area (Å²) in [5, 5.41) is 15.6. The van der Waals surface area contributed by atoms with Crippen molar-refractivity contribution in [2.45, 2.75) is 0 Å². The number of fused-ring (bicyclic) bond motifs is 10. The molecular formula is C36H22. The van der Waals surface area contributed by atoms with E-state index in [9.17, 15) is 0 Å². The van der Waals surface area contributed by atoms with E-state index >= 15 is 0 Å². The number of hydrogen-bond donors (Lipinski definition) is 0. The Kier molecular flexibility index (Phi) is 4.03. The van der Waals surface area contributed by atoms with Crippen molar-refractivity contribution in [3.05, 3.63) is 133 Å². The zero-order valence-corrected chi connectivity index (χ0v) is 19.7. The van der Waals surface area contributed by atoms with Gasteiger partial charge in [0.2, 0.25) is 0 Å². The molecule has 0 atom stereocenters. The van der Waals surface area contributed by atoms with Crippen LogP contribution in [0.25, 0.3) is 75.8 Å². The van der Waals surface area contributed by atoms with Crippen LogP contribution in [0.3, 0.4) is 0 Å². The summed E-state index contributed by atoms with van der Waals surface area (Å²) in [5.74, 6) is 0. The molecule has 0 aliphatic heterocycles. The van der Waals surface area contributed by atoms with Gasteiger partial charge in [0.15, 0.2) is 0 Å². The highest BCUT2D eigenvalue weighted by Crippen LogP contribution is 2.43. The summed E-state index contributed by atoms with van der Waals surface area (Å²) in [7, 11) is 0. The molecule has 166 valence electrons. The summed E-state index contributed by atoms with van der Waals surface area (Å²) in [6, 6.07) is 49.1. The summed E-state index contributed by atoms with van der Waals surface area (Å²) < 4.78 is 0. The first-order chi connectivity index (χ1) is 17.8. The van der Waals surface area contributed by atoms with Gasteiger partial charge in [-0.2, -0.15) is 0 Å². The van der Waals surface area contributed by atoms with Gasteiger partial charge in [0.25, 0.3) is 0 Å². The molecular weight excluding hydrogens is 432 g/mol. The normalized spacial score (nSPS) is 11.9. The van der Waals surface area contributed by atoms with Crippen LogP contribution in [0.2, 0.25) is 0 Å². The minimum absolute atomic E-state index is 1.26. The van der Waals surface area contributed by atoms with Crippen molar-refractivity contribution in [1.82, 2.24) is 0 Å². The molecule has 0 bridgehead atoms. The Balaban J connectivity index is 1.53. The third kappa shape index (κ3) is 2.76. The fraction of sp³-hybridized carbons (Fsp3) is 0. The van der Waals surface area contributed by atoms with E-state index in [1.807, 2.05) is 0 Å². The molecule has 0 saturated carbocycles. The molecule has 0 N–H and O–H groups in total. The Morgan fingerprint density at radius 2 is 0.750 bits per heavy atom. The van der Waals surface area contributed by atoms with Crippen molar-refractivity contribution >= 4 is 64.6 Å². The molecule has 0 fully saturated rings. The van der Waals surface area contributed by atoms with Gasteiger partial charge >= 0.3 is 0 Å². The molecule has 8 rings (SSSR count). The zero-order valence-electron chi connectivity index (χ0n) is 19.7. The molecule has 0 unspecified atom stereocenters. The van der Waals surface area contributed by atoms with Crippen LogP contribution in [0.15, 0.2) is 133 Å². The van der Waals surface area contributed by atoms with Crippen molar-refractivity contribution in [1.29, 1.82) is 0 Å². The first-order valence-corrected chi connectivity index (χ1v) is 12.5. The Labute approximate surface area is 209 Å². The largest absolute Gasteiger partial charge is 0.0616 e. The second kappa shape index (κ2) is 7.41. The lowest BCUT2D eigenvalue weighted by Crippen LogP contribution is -1.89. The molecule has 0 aliphatic carbocycles. The highest BCUT2D eigenvalue weighted by atomic mass is 14.2. The number of rotatable bonds is 1. The van der Waals surface area contributed by atoms with Gasteiger partial charge in [-0.05, 0) is 100 Å². The predicted molar refractivity (Wildman–Crippen MR) is 157 cm³/mol. The van der Waals surface area contributed by atoms with Gasteiger partial charge in [-0.3, -0.25) is 0 Å². The molecule has 0 aromatic heterocycles. The van der Waals surface area contributed by atoms with Crippen LogP contribution >= 0.6 is 0 Å². The summed E-state index contributed by atoms with van der Waals surface area (Å²) in [6.07, 6.45) is 0. The third-order valence-corrected chi connectivity index (χ3v) is 7.76. The molecule has 0 spiro atoms. The first-order valence-electron chi connectivity index (χ1n) is 12.5. The van der Waals surface area contributed by atoms with E-state index in [4.69, 9.17) is 0 Å². The number of benzene rings is 8. The van der Waals surface area contributed by atoms with E-state index in [1.54, 1.807) is 0 Å². The highest BCUT2D eigenvalue weighted by molar-refractivity contribution is 6.33. The van der Waals surface area contributed by atoms with Gasteiger partial charge in [-0.15, -0.1) is 0 Å². The van der Waals surface area contributed by atoms with E-state index < -0.39 is 0 Å². The second-order valence-electron chi connectivity index (χ2n) is 9.74. The van der Waals surface area contributed by atoms with Crippen LogP contribution in [-0.2, 0) is 0 Å². The van der Waals surface area contributed by atoms with Crippen LogP contribution in [0.1, 0.15) is 0 Å². The maximum Gasteiger partial charge on any atom is -0.00199 e. The summed E-state index contributed by atoms with van der Waals surface area (Å²) in [6.45, 7) is 0. The van der Waals surface area contributed by atoms with Crippen LogP contribution in [0.4, 0.5) is 0 Å². The summed E-state index contributed by atoms with van der Waals surface area (Å²) in [5.41, 5.74) is 2.54. The van der Waals surface area contributed by atoms with Gasteiger partial charge in [-0.1, -0.05) is 109 Å². The van der Waals surface area contributed by atoms with E-state index in [2.05, 4.69) is 133 Å². The standard InChI is InChI=1S/C36H22/c1-2-10-24-20-27-21-26(18-17-25(27)19-23(24)9-1)34-22-35-30-13-4-3-11-28(30)29-12-5-7-15-32(29)36(35)33-16-8-6-14-31(33)34/h1-22H. The van der Waals surface area contributed by atoms with E-state index in [1.165, 1.54) is 75.8 Å². The van der Waals surface area contributed by atoms with Gasteiger partial charge in [0, 0.05) is 0 Å². The molecule has 8 aromatic rings. The second-order valence-corrected chi connectivity index (χ2v) is 9.74. The van der Waals surface area contributed by atoms with Crippen LogP contribution in [0, 0.1) is 0 Å². The molecule has 0 radical (unpaired) electrons. The van der Waals surface area contributed by atoms with Gasteiger partial charge < -0.3 is 0 Å². The van der Waals surface area contributed by atoms with E-state index in [-0.39, 0.29) is 0 Å². The van der Waals surface area contributed by atoms with E-state index in [0.717, 1.165) is 0 Å². The minimum atomic E-state index is 1.26. The zero-order chi connectivity index (χ0) is 23.6. The predicted octanol–water partition coefficient (Wildman–Crippen LogP) is 10.3. The van der Waals surface area contributed by atoms with Crippen molar-refractivity contribution in [3.63, 3.8) is 0 Å². The molecule has 0 amide bonds. The molecule has 8 aromatic carbocycles. The minimum Gasteiger partial charge on any atom is -0.0616 e. The quantitative estimate of drug-likeness (QED) is 0.171. The lowest BCUT2D eigenvalue weighted by molar-refractivity contribution is 1.71. The maximum atomic E-state index is 2.43. The van der Waals surface area contributed by atoms with Crippen molar-refractivity contribution in [2.24, 2.45) is 0 Å².